The largest absolute Gasteiger partial charge is 0.461 e. The van der Waals surface area contributed by atoms with E-state index < -0.39 is 35.0 Å². The zero-order valence-corrected chi connectivity index (χ0v) is 23.3. The lowest BCUT2D eigenvalue weighted by molar-refractivity contribution is -0.384. The Balaban J connectivity index is 1.54. The van der Waals surface area contributed by atoms with E-state index in [-0.39, 0.29) is 30.9 Å². The zero-order chi connectivity index (χ0) is 29.7. The van der Waals surface area contributed by atoms with Crippen molar-refractivity contribution in [2.45, 2.75) is 45.2 Å². The number of ether oxygens (including phenoxy) is 3. The summed E-state index contributed by atoms with van der Waals surface area (Å²) in [6, 6.07) is 33.8. The zero-order valence-electron chi connectivity index (χ0n) is 23.3. The Labute approximate surface area is 245 Å². The van der Waals surface area contributed by atoms with Gasteiger partial charge in [0.15, 0.2) is 0 Å². The number of carbonyl (C=O) groups is 2. The normalized spacial score (nSPS) is 13.0. The molecule has 42 heavy (non-hydrogen) atoms. The Hall–Kier alpha value is -4.82. The lowest BCUT2D eigenvalue weighted by Crippen LogP contribution is -2.36. The molecule has 0 aliphatic heterocycles. The van der Waals surface area contributed by atoms with Crippen molar-refractivity contribution < 1.29 is 28.7 Å². The minimum Gasteiger partial charge on any atom is -0.461 e. The van der Waals surface area contributed by atoms with Gasteiger partial charge in [-0.05, 0) is 42.2 Å². The van der Waals surface area contributed by atoms with Crippen molar-refractivity contribution in [1.82, 2.24) is 0 Å². The third-order valence-corrected chi connectivity index (χ3v) is 6.85. The molecule has 0 fully saturated rings. The van der Waals surface area contributed by atoms with E-state index in [1.165, 1.54) is 24.3 Å². The smallest absolute Gasteiger partial charge is 0.338 e. The van der Waals surface area contributed by atoms with Crippen LogP contribution in [0.3, 0.4) is 0 Å². The predicted molar refractivity (Wildman–Crippen MR) is 157 cm³/mol. The number of nitro benzene ring substituents is 1. The topological polar surface area (TPSA) is 105 Å². The molecular weight excluding hydrogens is 534 g/mol. The highest BCUT2D eigenvalue weighted by molar-refractivity contribution is 5.89. The van der Waals surface area contributed by atoms with Crippen LogP contribution in [0.5, 0.6) is 0 Å². The first-order valence-corrected chi connectivity index (χ1v) is 13.7. The third-order valence-electron chi connectivity index (χ3n) is 6.85. The molecule has 4 aromatic rings. The maximum atomic E-state index is 13.4. The first kappa shape index (κ1) is 30.1. The molecule has 0 aliphatic carbocycles. The van der Waals surface area contributed by atoms with Crippen LogP contribution >= 0.6 is 0 Å². The number of hydrogen-bond donors (Lipinski definition) is 0. The van der Waals surface area contributed by atoms with Gasteiger partial charge in [0.25, 0.3) is 5.69 Å². The highest BCUT2D eigenvalue weighted by atomic mass is 16.6. The Morgan fingerprint density at radius 3 is 1.81 bits per heavy atom. The second-order valence-corrected chi connectivity index (χ2v) is 9.97. The molecule has 1 unspecified atom stereocenters. The van der Waals surface area contributed by atoms with Gasteiger partial charge in [0.05, 0.1) is 29.1 Å². The fraction of sp³-hybridized carbons (Fsp3) is 0.235. The lowest BCUT2D eigenvalue weighted by Gasteiger charge is -2.28. The Morgan fingerprint density at radius 2 is 1.26 bits per heavy atom. The van der Waals surface area contributed by atoms with Gasteiger partial charge >= 0.3 is 11.9 Å². The summed E-state index contributed by atoms with van der Waals surface area (Å²) in [5.74, 6) is -1.70. The van der Waals surface area contributed by atoms with E-state index in [0.29, 0.717) is 6.42 Å². The standard InChI is InChI=1S/C34H33NO7/c1-25(40-23-27-13-7-3-8-14-27)32(42-34(37)29-17-19-31(20-18-29)35(38)39)22-30(21-26-11-5-2-6-12-26)33(36)41-24-28-15-9-4-10-16-28/h2-20,25,30,32H,21-24H2,1H3/t25-,30?,32+/m0/s1. The van der Waals surface area contributed by atoms with Crippen LogP contribution < -0.4 is 0 Å². The molecule has 0 heterocycles. The van der Waals surface area contributed by atoms with Crippen LogP contribution in [0.4, 0.5) is 5.69 Å². The average Bonchev–Trinajstić information content (AvgIpc) is 3.03. The van der Waals surface area contributed by atoms with E-state index in [1.807, 2.05) is 91.0 Å². The minimum atomic E-state index is -0.811. The Bertz CT molecular complexity index is 1430. The molecule has 4 aromatic carbocycles. The molecule has 0 spiro atoms. The van der Waals surface area contributed by atoms with Gasteiger partial charge in [-0.2, -0.15) is 0 Å². The predicted octanol–water partition coefficient (Wildman–Crippen LogP) is 6.72. The first-order valence-electron chi connectivity index (χ1n) is 13.7. The van der Waals surface area contributed by atoms with Crippen molar-refractivity contribution >= 4 is 17.6 Å². The molecule has 0 saturated carbocycles. The quantitative estimate of drug-likeness (QED) is 0.0946. The fourth-order valence-corrected chi connectivity index (χ4v) is 4.46. The van der Waals surface area contributed by atoms with Gasteiger partial charge in [0, 0.05) is 18.6 Å². The van der Waals surface area contributed by atoms with Gasteiger partial charge in [0.1, 0.15) is 12.7 Å². The van der Waals surface area contributed by atoms with Crippen molar-refractivity contribution in [1.29, 1.82) is 0 Å². The second kappa shape index (κ2) is 15.3. The lowest BCUT2D eigenvalue weighted by atomic mass is 9.92. The molecule has 3 atom stereocenters. The number of rotatable bonds is 14. The summed E-state index contributed by atoms with van der Waals surface area (Å²) < 4.78 is 17.8. The van der Waals surface area contributed by atoms with Crippen molar-refractivity contribution in [3.63, 3.8) is 0 Å². The molecule has 4 rings (SSSR count). The van der Waals surface area contributed by atoms with Crippen molar-refractivity contribution in [2.75, 3.05) is 0 Å². The monoisotopic (exact) mass is 567 g/mol. The number of hydrogen-bond acceptors (Lipinski definition) is 7. The molecule has 0 aliphatic rings. The molecule has 0 aromatic heterocycles. The van der Waals surface area contributed by atoms with Gasteiger partial charge in [-0.15, -0.1) is 0 Å². The summed E-state index contributed by atoms with van der Waals surface area (Å²) in [6.45, 7) is 2.21. The van der Waals surface area contributed by atoms with Gasteiger partial charge in [-0.1, -0.05) is 91.0 Å². The van der Waals surface area contributed by atoms with E-state index in [4.69, 9.17) is 14.2 Å². The molecule has 0 bridgehead atoms. The minimum absolute atomic E-state index is 0.123. The number of benzene rings is 4. The number of nitro groups is 1. The van der Waals surface area contributed by atoms with Crippen LogP contribution in [0.25, 0.3) is 0 Å². The number of carbonyl (C=O) groups excluding carboxylic acids is 2. The molecule has 8 heteroatoms. The summed E-state index contributed by atoms with van der Waals surface area (Å²) in [7, 11) is 0. The summed E-state index contributed by atoms with van der Waals surface area (Å²) in [6.07, 6.45) is -0.857. The summed E-state index contributed by atoms with van der Waals surface area (Å²) in [5, 5.41) is 11.0. The molecule has 0 saturated heterocycles. The van der Waals surface area contributed by atoms with Gasteiger partial charge in [-0.25, -0.2) is 4.79 Å². The average molecular weight is 568 g/mol. The Kier molecular flexibility index (Phi) is 10.9. The van der Waals surface area contributed by atoms with E-state index in [2.05, 4.69) is 0 Å². The second-order valence-electron chi connectivity index (χ2n) is 9.97. The number of nitrogens with zero attached hydrogens (tertiary/aromatic N) is 1. The SMILES string of the molecule is C[C@H](OCc1ccccc1)[C@@H](CC(Cc1ccccc1)C(=O)OCc1ccccc1)OC(=O)c1ccc([N+](=O)[O-])cc1. The van der Waals surface area contributed by atoms with Crippen LogP contribution in [-0.4, -0.2) is 29.1 Å². The molecule has 8 nitrogen and oxygen atoms in total. The van der Waals surface area contributed by atoms with Gasteiger partial charge in [-0.3, -0.25) is 14.9 Å². The highest BCUT2D eigenvalue weighted by Gasteiger charge is 2.31. The summed E-state index contributed by atoms with van der Waals surface area (Å²) in [5.41, 5.74) is 2.79. The molecule has 0 radical (unpaired) electrons. The molecule has 0 N–H and O–H groups in total. The van der Waals surface area contributed by atoms with Gasteiger partial charge in [0.2, 0.25) is 0 Å². The van der Waals surface area contributed by atoms with E-state index in [0.717, 1.165) is 16.7 Å². The molecular formula is C34H33NO7. The van der Waals surface area contributed by atoms with Crippen LogP contribution in [0.1, 0.15) is 40.4 Å². The van der Waals surface area contributed by atoms with Crippen LogP contribution in [0.15, 0.2) is 115 Å². The first-order chi connectivity index (χ1) is 20.4. The Morgan fingerprint density at radius 1 is 0.738 bits per heavy atom. The summed E-state index contributed by atoms with van der Waals surface area (Å²) in [4.78, 5) is 37.1. The third kappa shape index (κ3) is 9.11. The number of esters is 2. The fourth-order valence-electron chi connectivity index (χ4n) is 4.46. The van der Waals surface area contributed by atoms with E-state index in [9.17, 15) is 19.7 Å². The number of non-ortho nitro benzene ring substituents is 1. The van der Waals surface area contributed by atoms with Gasteiger partial charge < -0.3 is 14.2 Å². The maximum absolute atomic E-state index is 13.4. The van der Waals surface area contributed by atoms with Crippen molar-refractivity contribution in [3.8, 4) is 0 Å². The summed E-state index contributed by atoms with van der Waals surface area (Å²) >= 11 is 0. The van der Waals surface area contributed by atoms with Crippen LogP contribution in [-0.2, 0) is 38.6 Å². The highest BCUT2D eigenvalue weighted by Crippen LogP contribution is 2.24. The van der Waals surface area contributed by atoms with Crippen LogP contribution in [0.2, 0.25) is 0 Å². The van der Waals surface area contributed by atoms with E-state index in [1.54, 1.807) is 6.92 Å². The van der Waals surface area contributed by atoms with Crippen LogP contribution in [0, 0.1) is 16.0 Å². The maximum Gasteiger partial charge on any atom is 0.338 e. The molecule has 216 valence electrons. The molecule has 0 amide bonds. The van der Waals surface area contributed by atoms with Crippen molar-refractivity contribution in [2.24, 2.45) is 5.92 Å². The van der Waals surface area contributed by atoms with E-state index >= 15 is 0 Å². The van der Waals surface area contributed by atoms with Crippen molar-refractivity contribution in [3.05, 3.63) is 148 Å².